The Labute approximate surface area is 513 Å². The quantitative estimate of drug-likeness (QED) is 0.0512. The van der Waals surface area contributed by atoms with Gasteiger partial charge in [-0.15, -0.1) is 11.1 Å². The maximum absolute atomic E-state index is 7.87. The first-order chi connectivity index (χ1) is 39.6. The molecule has 0 aliphatic carbocycles. The SMILES string of the molecule is [Ag+].[Ag+].[C-]#Cc1c2cc3ccccc3cc2cc2cc3ccccc3cc12.[C-]#Cc1c2cc3ccccc3cc2cc2cc3ccccc3cc12.c1ccc([PH+](c2ccccc2)c2ccccc2[PH+](c2ccccc2)c2ccccc2)cc1. The monoisotopic (exact) mass is 1260 g/mol. The van der Waals surface area contributed by atoms with Gasteiger partial charge in [0, 0.05) is 0 Å². The van der Waals surface area contributed by atoms with Crippen LogP contribution in [0.3, 0.4) is 0 Å². The molecule has 0 saturated carbocycles. The molecule has 0 atom stereocenters. The molecule has 15 rings (SSSR count). The van der Waals surface area contributed by atoms with Crippen LogP contribution in [0.25, 0.3) is 86.2 Å². The van der Waals surface area contributed by atoms with Crippen LogP contribution < -0.4 is 31.8 Å². The third-order valence-electron chi connectivity index (χ3n) is 15.3. The number of rotatable bonds is 6. The van der Waals surface area contributed by atoms with Crippen molar-refractivity contribution in [2.24, 2.45) is 0 Å². The topological polar surface area (TPSA) is 0 Å². The fourth-order valence-electron chi connectivity index (χ4n) is 11.6. The first-order valence-electron chi connectivity index (χ1n) is 27.1. The van der Waals surface area contributed by atoms with Crippen LogP contribution in [0.2, 0.25) is 0 Å². The average Bonchev–Trinajstić information content (AvgIpc) is 3.71. The zero-order valence-electron chi connectivity index (χ0n) is 44.5. The number of benzene rings is 15. The molecule has 0 spiro atoms. The van der Waals surface area contributed by atoms with Gasteiger partial charge in [-0.1, -0.05) is 228 Å². The molecular weight excluding hydrogens is 1210 g/mol. The van der Waals surface area contributed by atoms with E-state index in [-0.39, 0.29) is 44.8 Å². The zero-order valence-corrected chi connectivity index (χ0v) is 49.4. The minimum absolute atomic E-state index is 0. The molecule has 394 valence electrons. The molecule has 0 N–H and O–H groups in total. The van der Waals surface area contributed by atoms with Crippen molar-refractivity contribution in [1.29, 1.82) is 0 Å². The van der Waals surface area contributed by atoms with E-state index in [1.54, 1.807) is 0 Å². The summed E-state index contributed by atoms with van der Waals surface area (Å²) in [6.45, 7) is 0. The van der Waals surface area contributed by atoms with E-state index in [0.29, 0.717) is 0 Å². The molecule has 0 aliphatic rings. The third kappa shape index (κ3) is 11.3. The molecule has 0 aromatic heterocycles. The molecule has 0 unspecified atom stereocenters. The van der Waals surface area contributed by atoms with Crippen molar-refractivity contribution < 1.29 is 44.8 Å². The summed E-state index contributed by atoms with van der Waals surface area (Å²) in [6.07, 6.45) is 15.7. The van der Waals surface area contributed by atoms with Crippen molar-refractivity contribution in [3.8, 4) is 11.8 Å². The van der Waals surface area contributed by atoms with Gasteiger partial charge >= 0.3 is 44.8 Å². The second kappa shape index (κ2) is 25.3. The second-order valence-corrected chi connectivity index (χ2v) is 25.1. The Morgan fingerprint density at radius 1 is 0.207 bits per heavy atom. The van der Waals surface area contributed by atoms with Crippen LogP contribution in [-0.2, 0) is 44.8 Å². The van der Waals surface area contributed by atoms with Crippen molar-refractivity contribution in [3.63, 3.8) is 0 Å². The van der Waals surface area contributed by atoms with E-state index in [4.69, 9.17) is 12.8 Å². The summed E-state index contributed by atoms with van der Waals surface area (Å²) in [4.78, 5) is 0. The standard InChI is InChI=1S/C30H24P2.2C24H13.2Ag/c1-5-15-25(16-6-1)31(26-17-7-2-8-18-26)29-23-13-14-24-30(29)32(27-19-9-3-10-20-27)28-21-11-4-12-22-28;2*1-2-22-23-14-18-9-5-3-7-16(18)11-20(23)13-21-12-17-8-4-6-10-19(17)15-24(21)22;;/h1-24H;2*3-15H;;/q;2*-1;2*+1/p+2. The van der Waals surface area contributed by atoms with E-state index >= 15 is 0 Å². The minimum atomic E-state index is -1.14. The molecule has 0 radical (unpaired) electrons. The fraction of sp³-hybridized carbons (Fsp3) is 0. The smallest absolute Gasteiger partial charge is 0.366 e. The summed E-state index contributed by atoms with van der Waals surface area (Å²) >= 11 is 0. The van der Waals surface area contributed by atoms with Crippen LogP contribution in [0.15, 0.2) is 303 Å². The number of fused-ring (bicyclic) bond motifs is 8. The van der Waals surface area contributed by atoms with Crippen molar-refractivity contribution in [2.75, 3.05) is 0 Å². The van der Waals surface area contributed by atoms with E-state index in [2.05, 4.69) is 315 Å². The maximum Gasteiger partial charge on any atom is 1.00 e. The summed E-state index contributed by atoms with van der Waals surface area (Å²) in [5.74, 6) is 5.38. The summed E-state index contributed by atoms with van der Waals surface area (Å²) < 4.78 is 0. The Balaban J connectivity index is 0.000000129. The first-order valence-corrected chi connectivity index (χ1v) is 30.1. The first kappa shape index (κ1) is 55.7. The van der Waals surface area contributed by atoms with Gasteiger partial charge in [0.2, 0.25) is 0 Å². The zero-order chi connectivity index (χ0) is 53.8. The second-order valence-electron chi connectivity index (χ2n) is 20.2. The Morgan fingerprint density at radius 2 is 0.390 bits per heavy atom. The summed E-state index contributed by atoms with van der Waals surface area (Å²) in [7, 11) is -2.28. The van der Waals surface area contributed by atoms with Crippen LogP contribution in [0.4, 0.5) is 0 Å². The molecule has 0 aliphatic heterocycles. The largest absolute Gasteiger partial charge is 1.00 e. The van der Waals surface area contributed by atoms with Crippen LogP contribution in [-0.4, -0.2) is 0 Å². The molecule has 0 bridgehead atoms. The van der Waals surface area contributed by atoms with Gasteiger partial charge in [-0.2, -0.15) is 0 Å². The van der Waals surface area contributed by atoms with Crippen molar-refractivity contribution in [1.82, 2.24) is 0 Å². The molecule has 15 aromatic rings. The Kier molecular flexibility index (Phi) is 17.2. The van der Waals surface area contributed by atoms with E-state index in [9.17, 15) is 0 Å². The molecule has 0 saturated heterocycles. The van der Waals surface area contributed by atoms with Crippen LogP contribution in [0.1, 0.15) is 11.1 Å². The molecule has 0 fully saturated rings. The normalized spacial score (nSPS) is 10.9. The predicted octanol–water partition coefficient (Wildman–Crippen LogP) is 17.1. The number of hydrogen-bond acceptors (Lipinski definition) is 0. The van der Waals surface area contributed by atoms with Gasteiger partial charge in [0.25, 0.3) is 0 Å². The van der Waals surface area contributed by atoms with Crippen LogP contribution in [0, 0.1) is 24.7 Å². The number of hydrogen-bond donors (Lipinski definition) is 0. The van der Waals surface area contributed by atoms with Gasteiger partial charge in [-0.05, 0) is 162 Å². The van der Waals surface area contributed by atoms with Crippen molar-refractivity contribution >= 4 is 134 Å². The summed E-state index contributed by atoms with van der Waals surface area (Å²) in [6, 6.07) is 109. The van der Waals surface area contributed by atoms with Gasteiger partial charge < -0.3 is 12.8 Å². The molecule has 4 heteroatoms. The average molecular weight is 1270 g/mol. The van der Waals surface area contributed by atoms with Crippen molar-refractivity contribution in [2.45, 2.75) is 0 Å². The Bertz CT molecular complexity index is 4280. The van der Waals surface area contributed by atoms with E-state index < -0.39 is 15.8 Å². The molecule has 0 nitrogen and oxygen atoms in total. The van der Waals surface area contributed by atoms with Crippen molar-refractivity contribution in [3.05, 3.63) is 327 Å². The fourth-order valence-corrected chi connectivity index (χ4v) is 17.6. The summed E-state index contributed by atoms with van der Waals surface area (Å²) in [5, 5.41) is 27.4. The Morgan fingerprint density at radius 3 is 0.610 bits per heavy atom. The van der Waals surface area contributed by atoms with Gasteiger partial charge in [-0.25, -0.2) is 0 Å². The van der Waals surface area contributed by atoms with E-state index in [1.165, 1.54) is 74.9 Å². The van der Waals surface area contributed by atoms with Gasteiger partial charge in [0.1, 0.15) is 47.7 Å². The summed E-state index contributed by atoms with van der Waals surface area (Å²) in [5.41, 5.74) is 1.75. The predicted molar refractivity (Wildman–Crippen MR) is 352 cm³/mol. The van der Waals surface area contributed by atoms with Crippen LogP contribution in [0.5, 0.6) is 0 Å². The third-order valence-corrected chi connectivity index (χ3v) is 21.2. The molecule has 82 heavy (non-hydrogen) atoms. The maximum atomic E-state index is 7.87. The molecule has 0 amide bonds. The Hall–Kier alpha value is -8.16. The van der Waals surface area contributed by atoms with Gasteiger partial charge in [0.05, 0.1) is 0 Å². The minimum Gasteiger partial charge on any atom is -0.366 e. The van der Waals surface area contributed by atoms with Gasteiger partial charge in [0.15, 0.2) is 0 Å². The van der Waals surface area contributed by atoms with Gasteiger partial charge in [-0.3, -0.25) is 11.8 Å². The van der Waals surface area contributed by atoms with E-state index in [1.807, 2.05) is 0 Å². The van der Waals surface area contributed by atoms with E-state index in [0.717, 1.165) is 54.2 Å². The van der Waals surface area contributed by atoms with Crippen LogP contribution >= 0.6 is 15.8 Å². The molecule has 0 heterocycles. The molecular formula is C78H52Ag2P2+2. The molecule has 15 aromatic carbocycles.